The molecule has 7 nitrogen and oxygen atoms in total. The highest BCUT2D eigenvalue weighted by atomic mass is 16.2. The summed E-state index contributed by atoms with van der Waals surface area (Å²) in [4.78, 5) is 13.8. The minimum Gasteiger partial charge on any atom is -0.347 e. The Labute approximate surface area is 132 Å². The molecule has 1 aromatic carbocycles. The van der Waals surface area contributed by atoms with Gasteiger partial charge >= 0.3 is 0 Å². The summed E-state index contributed by atoms with van der Waals surface area (Å²) in [7, 11) is 0. The number of benzene rings is 1. The SMILES string of the molecule is O=C(NC1CCn2nccc2C1)c1cnn(-c2ccccc2)n1. The maximum absolute atomic E-state index is 12.4. The number of para-hydroxylation sites is 1. The molecule has 1 N–H and O–H groups in total. The minimum atomic E-state index is -0.190. The first kappa shape index (κ1) is 13.7. The van der Waals surface area contributed by atoms with Crippen LogP contribution in [0.1, 0.15) is 22.6 Å². The van der Waals surface area contributed by atoms with Crippen molar-refractivity contribution in [3.63, 3.8) is 0 Å². The number of fused-ring (bicyclic) bond motifs is 1. The molecule has 1 aliphatic rings. The van der Waals surface area contributed by atoms with E-state index in [1.54, 1.807) is 6.20 Å². The number of amides is 1. The number of aromatic nitrogens is 5. The van der Waals surface area contributed by atoms with Crippen molar-refractivity contribution >= 4 is 5.91 Å². The van der Waals surface area contributed by atoms with Gasteiger partial charge < -0.3 is 5.32 Å². The van der Waals surface area contributed by atoms with E-state index in [2.05, 4.69) is 20.6 Å². The lowest BCUT2D eigenvalue weighted by molar-refractivity contribution is 0.0924. The molecule has 116 valence electrons. The third kappa shape index (κ3) is 2.73. The van der Waals surface area contributed by atoms with Crippen LogP contribution in [0.2, 0.25) is 0 Å². The Morgan fingerprint density at radius 3 is 2.91 bits per heavy atom. The summed E-state index contributed by atoms with van der Waals surface area (Å²) in [5.74, 6) is -0.190. The van der Waals surface area contributed by atoms with Crippen LogP contribution in [0.3, 0.4) is 0 Å². The van der Waals surface area contributed by atoms with Crippen molar-refractivity contribution in [1.82, 2.24) is 30.1 Å². The topological polar surface area (TPSA) is 77.6 Å². The van der Waals surface area contributed by atoms with Gasteiger partial charge in [0.05, 0.1) is 11.9 Å². The molecular weight excluding hydrogens is 292 g/mol. The van der Waals surface area contributed by atoms with Crippen LogP contribution >= 0.6 is 0 Å². The van der Waals surface area contributed by atoms with Crippen LogP contribution in [-0.4, -0.2) is 36.7 Å². The van der Waals surface area contributed by atoms with Gasteiger partial charge in [-0.2, -0.15) is 15.0 Å². The molecule has 0 aliphatic carbocycles. The standard InChI is InChI=1S/C16H16N6O/c23-16(19-12-7-9-21-14(10-12)6-8-17-21)15-11-18-22(20-15)13-4-2-1-3-5-13/h1-6,8,11-12H,7,9-10H2,(H,19,23). The Hall–Kier alpha value is -2.96. The molecule has 0 radical (unpaired) electrons. The number of aryl methyl sites for hydroxylation is 1. The Morgan fingerprint density at radius 2 is 2.04 bits per heavy atom. The summed E-state index contributed by atoms with van der Waals surface area (Å²) in [5, 5.41) is 15.7. The second kappa shape index (κ2) is 5.68. The van der Waals surface area contributed by atoms with Crippen molar-refractivity contribution in [3.05, 3.63) is 60.2 Å². The zero-order chi connectivity index (χ0) is 15.6. The molecule has 1 aliphatic heterocycles. The lowest BCUT2D eigenvalue weighted by Crippen LogP contribution is -2.40. The van der Waals surface area contributed by atoms with E-state index >= 15 is 0 Å². The molecule has 1 atom stereocenters. The van der Waals surface area contributed by atoms with Crippen molar-refractivity contribution in [1.29, 1.82) is 0 Å². The Bertz CT molecular complexity index is 822. The quantitative estimate of drug-likeness (QED) is 0.789. The van der Waals surface area contributed by atoms with Gasteiger partial charge in [-0.3, -0.25) is 9.48 Å². The monoisotopic (exact) mass is 308 g/mol. The van der Waals surface area contributed by atoms with Crippen LogP contribution in [0, 0.1) is 0 Å². The summed E-state index contributed by atoms with van der Waals surface area (Å²) >= 11 is 0. The summed E-state index contributed by atoms with van der Waals surface area (Å²) in [6.07, 6.45) is 4.95. The minimum absolute atomic E-state index is 0.105. The maximum atomic E-state index is 12.4. The summed E-state index contributed by atoms with van der Waals surface area (Å²) in [6, 6.07) is 11.6. The summed E-state index contributed by atoms with van der Waals surface area (Å²) in [5.41, 5.74) is 2.30. The van der Waals surface area contributed by atoms with E-state index < -0.39 is 0 Å². The number of carbonyl (C=O) groups excluding carboxylic acids is 1. The highest BCUT2D eigenvalue weighted by Gasteiger charge is 2.22. The number of rotatable bonds is 3. The van der Waals surface area contributed by atoms with Gasteiger partial charge in [-0.1, -0.05) is 18.2 Å². The van der Waals surface area contributed by atoms with Gasteiger partial charge in [-0.25, -0.2) is 0 Å². The average molecular weight is 308 g/mol. The van der Waals surface area contributed by atoms with Crippen LogP contribution in [-0.2, 0) is 13.0 Å². The van der Waals surface area contributed by atoms with Gasteiger partial charge in [-0.15, -0.1) is 5.10 Å². The van der Waals surface area contributed by atoms with Gasteiger partial charge in [0.25, 0.3) is 5.91 Å². The van der Waals surface area contributed by atoms with E-state index in [1.807, 2.05) is 41.1 Å². The van der Waals surface area contributed by atoms with Crippen molar-refractivity contribution in [2.45, 2.75) is 25.4 Å². The lowest BCUT2D eigenvalue weighted by Gasteiger charge is -2.23. The van der Waals surface area contributed by atoms with E-state index in [-0.39, 0.29) is 11.9 Å². The Morgan fingerprint density at radius 1 is 1.17 bits per heavy atom. The Kier molecular flexibility index (Phi) is 3.38. The van der Waals surface area contributed by atoms with Crippen LogP contribution in [0.4, 0.5) is 0 Å². The molecule has 0 bridgehead atoms. The molecule has 23 heavy (non-hydrogen) atoms. The van der Waals surface area contributed by atoms with E-state index in [9.17, 15) is 4.79 Å². The van der Waals surface area contributed by atoms with E-state index in [0.29, 0.717) is 5.69 Å². The van der Waals surface area contributed by atoms with Crippen molar-refractivity contribution in [2.24, 2.45) is 0 Å². The number of carbonyl (C=O) groups is 1. The predicted octanol–water partition coefficient (Wildman–Crippen LogP) is 1.21. The lowest BCUT2D eigenvalue weighted by atomic mass is 10.0. The first-order valence-corrected chi connectivity index (χ1v) is 7.59. The molecule has 1 amide bonds. The molecule has 3 heterocycles. The largest absolute Gasteiger partial charge is 0.347 e. The molecule has 0 saturated heterocycles. The molecule has 0 fully saturated rings. The normalized spacial score (nSPS) is 16.8. The molecule has 3 aromatic rings. The summed E-state index contributed by atoms with van der Waals surface area (Å²) in [6.45, 7) is 0.823. The highest BCUT2D eigenvalue weighted by molar-refractivity contribution is 5.92. The third-order valence-electron chi connectivity index (χ3n) is 4.00. The smallest absolute Gasteiger partial charge is 0.273 e. The average Bonchev–Trinajstić information content (AvgIpc) is 3.24. The van der Waals surface area contributed by atoms with Crippen LogP contribution in [0.15, 0.2) is 48.8 Å². The van der Waals surface area contributed by atoms with Crippen LogP contribution in [0.5, 0.6) is 0 Å². The zero-order valence-corrected chi connectivity index (χ0v) is 12.5. The number of nitrogens with one attached hydrogen (secondary N) is 1. The fourth-order valence-electron chi connectivity index (χ4n) is 2.80. The molecular formula is C16H16N6O. The maximum Gasteiger partial charge on any atom is 0.273 e. The molecule has 2 aromatic heterocycles. The Balaban J connectivity index is 1.45. The fourth-order valence-corrected chi connectivity index (χ4v) is 2.80. The fraction of sp³-hybridized carbons (Fsp3) is 0.250. The van der Waals surface area contributed by atoms with Gasteiger partial charge in [0.1, 0.15) is 0 Å². The predicted molar refractivity (Wildman–Crippen MR) is 83.2 cm³/mol. The van der Waals surface area contributed by atoms with Gasteiger partial charge in [-0.05, 0) is 24.6 Å². The van der Waals surface area contributed by atoms with Crippen LogP contribution in [0.25, 0.3) is 5.69 Å². The molecule has 0 spiro atoms. The van der Waals surface area contributed by atoms with Gasteiger partial charge in [0.2, 0.25) is 0 Å². The molecule has 7 heteroatoms. The first-order valence-electron chi connectivity index (χ1n) is 7.59. The van der Waals surface area contributed by atoms with E-state index in [1.165, 1.54) is 11.0 Å². The second-order valence-corrected chi connectivity index (χ2v) is 5.56. The van der Waals surface area contributed by atoms with Crippen molar-refractivity contribution < 1.29 is 4.79 Å². The molecule has 0 saturated carbocycles. The third-order valence-corrected chi connectivity index (χ3v) is 4.00. The number of hydrogen-bond donors (Lipinski definition) is 1. The van der Waals surface area contributed by atoms with Gasteiger partial charge in [0, 0.05) is 30.9 Å². The van der Waals surface area contributed by atoms with Gasteiger partial charge in [0.15, 0.2) is 5.69 Å². The van der Waals surface area contributed by atoms with E-state index in [0.717, 1.165) is 30.8 Å². The molecule has 1 unspecified atom stereocenters. The highest BCUT2D eigenvalue weighted by Crippen LogP contribution is 2.14. The van der Waals surface area contributed by atoms with Crippen molar-refractivity contribution in [3.8, 4) is 5.69 Å². The van der Waals surface area contributed by atoms with Crippen molar-refractivity contribution in [2.75, 3.05) is 0 Å². The zero-order valence-electron chi connectivity index (χ0n) is 12.5. The van der Waals surface area contributed by atoms with E-state index in [4.69, 9.17) is 0 Å². The number of nitrogens with zero attached hydrogens (tertiary/aromatic N) is 5. The summed E-state index contributed by atoms with van der Waals surface area (Å²) < 4.78 is 1.98. The number of hydrogen-bond acceptors (Lipinski definition) is 4. The van der Waals surface area contributed by atoms with Crippen LogP contribution < -0.4 is 5.32 Å². The first-order chi connectivity index (χ1) is 11.3. The second-order valence-electron chi connectivity index (χ2n) is 5.56. The molecule has 4 rings (SSSR count).